The van der Waals surface area contributed by atoms with Crippen LogP contribution in [0.3, 0.4) is 0 Å². The third-order valence-electron chi connectivity index (χ3n) is 4.39. The van der Waals surface area contributed by atoms with Crippen LogP contribution in [0, 0.1) is 6.92 Å². The molecule has 0 saturated carbocycles. The SMILES string of the molecule is COc1ccc2c(c1)CCC[C@@H]2NC(=S)Nc1ccc(Br)c(C)c1. The molecule has 1 aliphatic rings. The summed E-state index contributed by atoms with van der Waals surface area (Å²) < 4.78 is 6.43. The van der Waals surface area contributed by atoms with Gasteiger partial charge in [0.2, 0.25) is 0 Å². The first kappa shape index (κ1) is 17.2. The number of anilines is 1. The summed E-state index contributed by atoms with van der Waals surface area (Å²) in [7, 11) is 1.71. The molecular formula is C19H21BrN2OS. The van der Waals surface area contributed by atoms with E-state index in [0.717, 1.165) is 35.2 Å². The smallest absolute Gasteiger partial charge is 0.171 e. The van der Waals surface area contributed by atoms with E-state index in [1.807, 2.05) is 18.2 Å². The second-order valence-electron chi connectivity index (χ2n) is 6.07. The van der Waals surface area contributed by atoms with E-state index in [0.29, 0.717) is 5.11 Å². The molecule has 2 aromatic carbocycles. The van der Waals surface area contributed by atoms with E-state index in [1.54, 1.807) is 7.11 Å². The van der Waals surface area contributed by atoms with Gasteiger partial charge in [-0.2, -0.15) is 0 Å². The van der Waals surface area contributed by atoms with Gasteiger partial charge >= 0.3 is 0 Å². The fourth-order valence-electron chi connectivity index (χ4n) is 3.12. The van der Waals surface area contributed by atoms with Crippen molar-refractivity contribution in [1.29, 1.82) is 0 Å². The number of fused-ring (bicyclic) bond motifs is 1. The normalized spacial score (nSPS) is 16.2. The van der Waals surface area contributed by atoms with Crippen LogP contribution < -0.4 is 15.4 Å². The highest BCUT2D eigenvalue weighted by molar-refractivity contribution is 9.10. The first-order valence-electron chi connectivity index (χ1n) is 8.07. The maximum atomic E-state index is 5.51. The molecule has 3 rings (SSSR count). The summed E-state index contributed by atoms with van der Waals surface area (Å²) >= 11 is 9.03. The van der Waals surface area contributed by atoms with Gasteiger partial charge < -0.3 is 15.4 Å². The van der Waals surface area contributed by atoms with E-state index in [2.05, 4.69) is 51.7 Å². The number of methoxy groups -OCH3 is 1. The van der Waals surface area contributed by atoms with Crippen LogP contribution in [0.15, 0.2) is 40.9 Å². The quantitative estimate of drug-likeness (QED) is 0.694. The zero-order chi connectivity index (χ0) is 17.1. The molecule has 0 aromatic heterocycles. The summed E-state index contributed by atoms with van der Waals surface area (Å²) in [5, 5.41) is 7.41. The predicted molar refractivity (Wildman–Crippen MR) is 107 cm³/mol. The van der Waals surface area contributed by atoms with E-state index in [9.17, 15) is 0 Å². The second kappa shape index (κ2) is 7.53. The van der Waals surface area contributed by atoms with Crippen molar-refractivity contribution in [3.63, 3.8) is 0 Å². The van der Waals surface area contributed by atoms with E-state index < -0.39 is 0 Å². The standard InChI is InChI=1S/C19H21BrN2OS/c1-12-10-14(6-9-17(12)20)21-19(24)22-18-5-3-4-13-11-15(23-2)7-8-16(13)18/h6-11,18H,3-5H2,1-2H3,(H2,21,22,24)/t18-/m0/s1. The number of thiocarbonyl (C=S) groups is 1. The molecule has 5 heteroatoms. The van der Waals surface area contributed by atoms with Gasteiger partial charge in [-0.25, -0.2) is 0 Å². The Labute approximate surface area is 156 Å². The van der Waals surface area contributed by atoms with Crippen molar-refractivity contribution in [2.24, 2.45) is 0 Å². The summed E-state index contributed by atoms with van der Waals surface area (Å²) in [5.74, 6) is 0.917. The van der Waals surface area contributed by atoms with Crippen molar-refractivity contribution in [2.45, 2.75) is 32.2 Å². The minimum Gasteiger partial charge on any atom is -0.497 e. The second-order valence-corrected chi connectivity index (χ2v) is 7.33. The fraction of sp³-hybridized carbons (Fsp3) is 0.316. The van der Waals surface area contributed by atoms with Crippen molar-refractivity contribution in [2.75, 3.05) is 12.4 Å². The number of rotatable bonds is 3. The molecule has 0 heterocycles. The van der Waals surface area contributed by atoms with Gasteiger partial charge in [0.15, 0.2) is 5.11 Å². The van der Waals surface area contributed by atoms with E-state index in [1.165, 1.54) is 16.7 Å². The molecule has 2 N–H and O–H groups in total. The van der Waals surface area contributed by atoms with Crippen LogP contribution in [0.25, 0.3) is 0 Å². The van der Waals surface area contributed by atoms with Crippen LogP contribution in [0.2, 0.25) is 0 Å². The number of hydrogen-bond donors (Lipinski definition) is 2. The van der Waals surface area contributed by atoms with Gasteiger partial charge in [-0.15, -0.1) is 0 Å². The fourth-order valence-corrected chi connectivity index (χ4v) is 3.62. The molecule has 0 bridgehead atoms. The molecule has 3 nitrogen and oxygen atoms in total. The maximum Gasteiger partial charge on any atom is 0.171 e. The van der Waals surface area contributed by atoms with Gasteiger partial charge in [0, 0.05) is 10.2 Å². The largest absolute Gasteiger partial charge is 0.497 e. The zero-order valence-corrected chi connectivity index (χ0v) is 16.3. The lowest BCUT2D eigenvalue weighted by molar-refractivity contribution is 0.412. The molecule has 1 atom stereocenters. The average molecular weight is 405 g/mol. The Bertz CT molecular complexity index is 763. The van der Waals surface area contributed by atoms with Crippen molar-refractivity contribution in [3.8, 4) is 5.75 Å². The lowest BCUT2D eigenvalue weighted by Crippen LogP contribution is -2.34. The van der Waals surface area contributed by atoms with Crippen LogP contribution in [-0.2, 0) is 6.42 Å². The van der Waals surface area contributed by atoms with Crippen LogP contribution in [0.5, 0.6) is 5.75 Å². The highest BCUT2D eigenvalue weighted by Crippen LogP contribution is 2.32. The number of hydrogen-bond acceptors (Lipinski definition) is 2. The van der Waals surface area contributed by atoms with Gasteiger partial charge in [0.25, 0.3) is 0 Å². The van der Waals surface area contributed by atoms with Crippen LogP contribution in [0.4, 0.5) is 5.69 Å². The number of benzene rings is 2. The summed E-state index contributed by atoms with van der Waals surface area (Å²) in [5.41, 5.74) is 4.84. The Balaban J connectivity index is 1.70. The molecule has 0 radical (unpaired) electrons. The van der Waals surface area contributed by atoms with Gasteiger partial charge in [-0.05, 0) is 85.4 Å². The lowest BCUT2D eigenvalue weighted by atomic mass is 9.87. The monoisotopic (exact) mass is 404 g/mol. The Morgan fingerprint density at radius 1 is 1.25 bits per heavy atom. The summed E-state index contributed by atoms with van der Waals surface area (Å²) in [6.07, 6.45) is 3.33. The van der Waals surface area contributed by atoms with E-state index in [-0.39, 0.29) is 6.04 Å². The molecule has 0 unspecified atom stereocenters. The Kier molecular flexibility index (Phi) is 5.41. The maximum absolute atomic E-state index is 5.51. The minimum atomic E-state index is 0.246. The molecule has 1 aliphatic carbocycles. The third kappa shape index (κ3) is 3.90. The number of nitrogens with one attached hydrogen (secondary N) is 2. The molecule has 0 spiro atoms. The zero-order valence-electron chi connectivity index (χ0n) is 13.9. The summed E-state index contributed by atoms with van der Waals surface area (Å²) in [6, 6.07) is 12.7. The van der Waals surface area contributed by atoms with Gasteiger partial charge in [0.1, 0.15) is 5.75 Å². The van der Waals surface area contributed by atoms with Crippen molar-refractivity contribution in [3.05, 3.63) is 57.6 Å². The summed E-state index contributed by atoms with van der Waals surface area (Å²) in [4.78, 5) is 0. The molecular weight excluding hydrogens is 384 g/mol. The lowest BCUT2D eigenvalue weighted by Gasteiger charge is -2.28. The van der Waals surface area contributed by atoms with Gasteiger partial charge in [-0.3, -0.25) is 0 Å². The van der Waals surface area contributed by atoms with Crippen molar-refractivity contribution >= 4 is 38.9 Å². The Morgan fingerprint density at radius 2 is 2.08 bits per heavy atom. The highest BCUT2D eigenvalue weighted by atomic mass is 79.9. The number of aryl methyl sites for hydroxylation is 2. The molecule has 0 saturated heterocycles. The van der Waals surface area contributed by atoms with Crippen LogP contribution in [-0.4, -0.2) is 12.2 Å². The molecule has 126 valence electrons. The van der Waals surface area contributed by atoms with Crippen molar-refractivity contribution in [1.82, 2.24) is 5.32 Å². The predicted octanol–water partition coefficient (Wildman–Crippen LogP) is 5.13. The minimum absolute atomic E-state index is 0.246. The average Bonchev–Trinajstić information content (AvgIpc) is 2.58. The Hall–Kier alpha value is -1.59. The molecule has 2 aromatic rings. The van der Waals surface area contributed by atoms with Crippen LogP contribution in [0.1, 0.15) is 35.6 Å². The van der Waals surface area contributed by atoms with Gasteiger partial charge in [-0.1, -0.05) is 22.0 Å². The first-order chi connectivity index (χ1) is 11.6. The first-order valence-corrected chi connectivity index (χ1v) is 9.27. The number of halogens is 1. The van der Waals surface area contributed by atoms with Gasteiger partial charge in [0.05, 0.1) is 13.2 Å². The molecule has 0 aliphatic heterocycles. The molecule has 24 heavy (non-hydrogen) atoms. The third-order valence-corrected chi connectivity index (χ3v) is 5.50. The van der Waals surface area contributed by atoms with Crippen molar-refractivity contribution < 1.29 is 4.74 Å². The van der Waals surface area contributed by atoms with E-state index >= 15 is 0 Å². The van der Waals surface area contributed by atoms with Crippen LogP contribution >= 0.6 is 28.1 Å². The number of ether oxygens (including phenoxy) is 1. The topological polar surface area (TPSA) is 33.3 Å². The van der Waals surface area contributed by atoms with E-state index in [4.69, 9.17) is 17.0 Å². The molecule has 0 fully saturated rings. The Morgan fingerprint density at radius 3 is 2.83 bits per heavy atom. The molecule has 0 amide bonds. The summed E-state index contributed by atoms with van der Waals surface area (Å²) in [6.45, 7) is 2.07. The highest BCUT2D eigenvalue weighted by Gasteiger charge is 2.21.